The van der Waals surface area contributed by atoms with Gasteiger partial charge in [0.05, 0.1) is 5.92 Å². The number of ketones is 1. The number of hydrogen-bond acceptors (Lipinski definition) is 2. The molecule has 0 fully saturated rings. The molecule has 0 spiro atoms. The van der Waals surface area contributed by atoms with Crippen molar-refractivity contribution in [3.63, 3.8) is 0 Å². The number of halogens is 1. The Labute approximate surface area is 151 Å². The second kappa shape index (κ2) is 7.74. The van der Waals surface area contributed by atoms with E-state index in [0.717, 1.165) is 5.56 Å². The molecule has 0 heterocycles. The molecule has 0 unspecified atom stereocenters. The first-order valence-electron chi connectivity index (χ1n) is 8.31. The highest BCUT2D eigenvalue weighted by Gasteiger charge is 2.17. The van der Waals surface area contributed by atoms with E-state index >= 15 is 0 Å². The quantitative estimate of drug-likeness (QED) is 0.674. The molecular weight excluding hydrogens is 329 g/mol. The zero-order chi connectivity index (χ0) is 18.5. The lowest BCUT2D eigenvalue weighted by Crippen LogP contribution is -2.19. The third-order valence-electron chi connectivity index (χ3n) is 4.17. The molecule has 4 heteroatoms. The summed E-state index contributed by atoms with van der Waals surface area (Å²) in [6.07, 6.45) is 0. The van der Waals surface area contributed by atoms with Crippen molar-refractivity contribution in [2.24, 2.45) is 0 Å². The van der Waals surface area contributed by atoms with Gasteiger partial charge in [0, 0.05) is 16.8 Å². The lowest BCUT2D eigenvalue weighted by Gasteiger charge is -2.14. The molecule has 0 aliphatic heterocycles. The number of anilines is 1. The summed E-state index contributed by atoms with van der Waals surface area (Å²) in [5, 5.41) is 2.70. The maximum absolute atomic E-state index is 13.3. The molecule has 1 atom stereocenters. The first kappa shape index (κ1) is 17.5. The van der Waals surface area contributed by atoms with Gasteiger partial charge in [-0.15, -0.1) is 0 Å². The van der Waals surface area contributed by atoms with Gasteiger partial charge in [-0.2, -0.15) is 0 Å². The van der Waals surface area contributed by atoms with Gasteiger partial charge in [-0.3, -0.25) is 9.59 Å². The fraction of sp³-hybridized carbons (Fsp3) is 0.0909. The van der Waals surface area contributed by atoms with Crippen LogP contribution in [0, 0.1) is 5.82 Å². The van der Waals surface area contributed by atoms with Crippen LogP contribution < -0.4 is 5.32 Å². The standard InChI is InChI=1S/C22H18FNO2/c1-15(22(26)24-20-12-6-11-19(23)14-20)17-9-5-10-18(13-17)21(25)16-7-3-2-4-8-16/h2-15H,1H3,(H,24,26)/t15-/m0/s1. The Hall–Kier alpha value is -3.27. The maximum atomic E-state index is 13.3. The lowest BCUT2D eigenvalue weighted by molar-refractivity contribution is -0.117. The van der Waals surface area contributed by atoms with Crippen LogP contribution in [0.5, 0.6) is 0 Å². The van der Waals surface area contributed by atoms with Gasteiger partial charge in [-0.1, -0.05) is 54.6 Å². The minimum Gasteiger partial charge on any atom is -0.325 e. The van der Waals surface area contributed by atoms with Crippen molar-refractivity contribution in [3.05, 3.63) is 101 Å². The largest absolute Gasteiger partial charge is 0.325 e. The summed E-state index contributed by atoms with van der Waals surface area (Å²) < 4.78 is 13.3. The molecule has 1 amide bonds. The van der Waals surface area contributed by atoms with E-state index in [-0.39, 0.29) is 11.7 Å². The number of nitrogens with one attached hydrogen (secondary N) is 1. The summed E-state index contributed by atoms with van der Waals surface area (Å²) in [7, 11) is 0. The van der Waals surface area contributed by atoms with Crippen LogP contribution in [0.3, 0.4) is 0 Å². The van der Waals surface area contributed by atoms with Gasteiger partial charge in [0.1, 0.15) is 5.82 Å². The average Bonchev–Trinajstić information content (AvgIpc) is 2.67. The molecule has 0 radical (unpaired) electrons. The molecule has 26 heavy (non-hydrogen) atoms. The van der Waals surface area contributed by atoms with Gasteiger partial charge < -0.3 is 5.32 Å². The van der Waals surface area contributed by atoms with Gasteiger partial charge >= 0.3 is 0 Å². The van der Waals surface area contributed by atoms with E-state index < -0.39 is 11.7 Å². The van der Waals surface area contributed by atoms with E-state index in [1.165, 1.54) is 18.2 Å². The fourth-order valence-electron chi connectivity index (χ4n) is 2.67. The summed E-state index contributed by atoms with van der Waals surface area (Å²) in [6.45, 7) is 1.75. The third kappa shape index (κ3) is 4.03. The molecule has 3 nitrogen and oxygen atoms in total. The monoisotopic (exact) mass is 347 g/mol. The van der Waals surface area contributed by atoms with E-state index in [4.69, 9.17) is 0 Å². The van der Waals surface area contributed by atoms with Crippen molar-refractivity contribution in [2.45, 2.75) is 12.8 Å². The van der Waals surface area contributed by atoms with E-state index in [2.05, 4.69) is 5.32 Å². The average molecular weight is 347 g/mol. The molecule has 0 aliphatic rings. The Morgan fingerprint density at radius 1 is 0.846 bits per heavy atom. The zero-order valence-corrected chi connectivity index (χ0v) is 14.3. The van der Waals surface area contributed by atoms with Crippen LogP contribution in [-0.2, 0) is 4.79 Å². The van der Waals surface area contributed by atoms with Gasteiger partial charge in [-0.05, 0) is 36.8 Å². The fourth-order valence-corrected chi connectivity index (χ4v) is 2.67. The van der Waals surface area contributed by atoms with Gasteiger partial charge in [0.25, 0.3) is 0 Å². The van der Waals surface area contributed by atoms with E-state index in [9.17, 15) is 14.0 Å². The van der Waals surface area contributed by atoms with Gasteiger partial charge in [0.2, 0.25) is 5.91 Å². The van der Waals surface area contributed by atoms with Crippen molar-refractivity contribution in [3.8, 4) is 0 Å². The normalized spacial score (nSPS) is 11.6. The van der Waals surface area contributed by atoms with Crippen LogP contribution >= 0.6 is 0 Å². The summed E-state index contributed by atoms with van der Waals surface area (Å²) in [5.74, 6) is -1.25. The van der Waals surface area contributed by atoms with E-state index in [1.54, 1.807) is 49.4 Å². The van der Waals surface area contributed by atoms with Crippen molar-refractivity contribution >= 4 is 17.4 Å². The molecule has 3 aromatic carbocycles. The Bertz CT molecular complexity index is 938. The van der Waals surface area contributed by atoms with Gasteiger partial charge in [0.15, 0.2) is 5.78 Å². The summed E-state index contributed by atoms with van der Waals surface area (Å²) in [4.78, 5) is 25.0. The number of amides is 1. The van der Waals surface area contributed by atoms with E-state index in [0.29, 0.717) is 16.8 Å². The molecule has 130 valence electrons. The molecule has 3 aromatic rings. The number of benzene rings is 3. The van der Waals surface area contributed by atoms with Gasteiger partial charge in [-0.25, -0.2) is 4.39 Å². The first-order valence-corrected chi connectivity index (χ1v) is 8.31. The minimum absolute atomic E-state index is 0.0924. The van der Waals surface area contributed by atoms with E-state index in [1.807, 2.05) is 18.2 Å². The Morgan fingerprint density at radius 2 is 1.54 bits per heavy atom. The van der Waals surface area contributed by atoms with Crippen LogP contribution in [-0.4, -0.2) is 11.7 Å². The highest BCUT2D eigenvalue weighted by Crippen LogP contribution is 2.21. The third-order valence-corrected chi connectivity index (χ3v) is 4.17. The Kier molecular flexibility index (Phi) is 5.23. The Morgan fingerprint density at radius 3 is 2.27 bits per heavy atom. The smallest absolute Gasteiger partial charge is 0.231 e. The molecule has 0 aliphatic carbocycles. The number of rotatable bonds is 5. The molecule has 1 N–H and O–H groups in total. The zero-order valence-electron chi connectivity index (χ0n) is 14.3. The van der Waals surface area contributed by atoms with Crippen LogP contribution in [0.15, 0.2) is 78.9 Å². The van der Waals surface area contributed by atoms with Crippen molar-refractivity contribution in [2.75, 3.05) is 5.32 Å². The molecule has 0 bridgehead atoms. The summed E-state index contributed by atoms with van der Waals surface area (Å²) in [6, 6.07) is 21.8. The summed E-state index contributed by atoms with van der Waals surface area (Å²) in [5.41, 5.74) is 2.25. The molecular formula is C22H18FNO2. The van der Waals surface area contributed by atoms with Crippen molar-refractivity contribution in [1.29, 1.82) is 0 Å². The predicted octanol–water partition coefficient (Wildman–Crippen LogP) is 4.80. The lowest BCUT2D eigenvalue weighted by atomic mass is 9.95. The molecule has 3 rings (SSSR count). The first-order chi connectivity index (χ1) is 12.5. The Balaban J connectivity index is 1.78. The summed E-state index contributed by atoms with van der Waals surface area (Å²) >= 11 is 0. The molecule has 0 saturated heterocycles. The topological polar surface area (TPSA) is 46.2 Å². The highest BCUT2D eigenvalue weighted by molar-refractivity contribution is 6.09. The second-order valence-electron chi connectivity index (χ2n) is 6.04. The van der Waals surface area contributed by atoms with Crippen LogP contribution in [0.1, 0.15) is 34.3 Å². The predicted molar refractivity (Wildman–Crippen MR) is 99.8 cm³/mol. The number of carbonyl (C=O) groups is 2. The highest BCUT2D eigenvalue weighted by atomic mass is 19.1. The number of carbonyl (C=O) groups excluding carboxylic acids is 2. The van der Waals surface area contributed by atoms with Crippen LogP contribution in [0.25, 0.3) is 0 Å². The SMILES string of the molecule is C[C@H](C(=O)Nc1cccc(F)c1)c1cccc(C(=O)c2ccccc2)c1. The van der Waals surface area contributed by atoms with Crippen LogP contribution in [0.4, 0.5) is 10.1 Å². The second-order valence-corrected chi connectivity index (χ2v) is 6.04. The minimum atomic E-state index is -0.484. The molecule has 0 aromatic heterocycles. The van der Waals surface area contributed by atoms with Crippen molar-refractivity contribution in [1.82, 2.24) is 0 Å². The van der Waals surface area contributed by atoms with Crippen LogP contribution in [0.2, 0.25) is 0 Å². The number of hydrogen-bond donors (Lipinski definition) is 1. The molecule has 0 saturated carbocycles. The maximum Gasteiger partial charge on any atom is 0.231 e. The van der Waals surface area contributed by atoms with Crippen molar-refractivity contribution < 1.29 is 14.0 Å².